The standard InChI is InChI=1S/C39H45N7O5/c1-20(2)34(45-39(48)50-5)38(47)46-17-21(3)10-32(46)37-41-16-31(43-37)24-6-8-26-25(12-24)19-51-33-14-27-23(13-28(26)33)7-9-29-35(27)44-36(42-29)30-11-22(15-40-30)18-49-4/h6-9,12-14,16,20-22,30,32,34,40H,10-11,15,17-19H2,1-5H3,(H,41,43)(H,42,44)(H,45,48). The van der Waals surface area contributed by atoms with E-state index in [1.54, 1.807) is 7.11 Å². The maximum Gasteiger partial charge on any atom is 0.407 e. The van der Waals surface area contributed by atoms with Gasteiger partial charge in [-0.15, -0.1) is 0 Å². The lowest BCUT2D eigenvalue weighted by Crippen LogP contribution is -2.51. The number of carbonyl (C=O) groups is 2. The number of methoxy groups -OCH3 is 2. The first-order valence-corrected chi connectivity index (χ1v) is 17.9. The zero-order chi connectivity index (χ0) is 35.4. The molecule has 5 atom stereocenters. The van der Waals surface area contributed by atoms with Crippen LogP contribution in [0.4, 0.5) is 4.79 Å². The number of aromatic nitrogens is 4. The Balaban J connectivity index is 1.04. The van der Waals surface area contributed by atoms with E-state index in [0.29, 0.717) is 25.0 Å². The van der Waals surface area contributed by atoms with E-state index >= 15 is 0 Å². The van der Waals surface area contributed by atoms with Crippen molar-refractivity contribution in [3.05, 3.63) is 65.9 Å². The number of rotatable bonds is 8. The van der Waals surface area contributed by atoms with E-state index in [9.17, 15) is 9.59 Å². The molecule has 3 aliphatic rings. The number of H-pyrrole nitrogens is 2. The molecule has 3 aliphatic heterocycles. The lowest BCUT2D eigenvalue weighted by molar-refractivity contribution is -0.135. The van der Waals surface area contributed by atoms with Crippen molar-refractivity contribution in [1.29, 1.82) is 0 Å². The van der Waals surface area contributed by atoms with Crippen LogP contribution in [0.2, 0.25) is 0 Å². The van der Waals surface area contributed by atoms with Gasteiger partial charge < -0.3 is 39.7 Å². The maximum absolute atomic E-state index is 13.7. The van der Waals surface area contributed by atoms with E-state index in [0.717, 1.165) is 93.1 Å². The number of carbonyl (C=O) groups excluding carboxylic acids is 2. The fourth-order valence-electron chi connectivity index (χ4n) is 8.10. The second kappa shape index (κ2) is 13.3. The quantitative estimate of drug-likeness (QED) is 0.149. The zero-order valence-corrected chi connectivity index (χ0v) is 29.7. The molecule has 51 heavy (non-hydrogen) atoms. The molecule has 2 amide bonds. The van der Waals surface area contributed by atoms with Crippen LogP contribution in [0.25, 0.3) is 44.2 Å². The third kappa shape index (κ3) is 6.10. The third-order valence-corrected chi connectivity index (χ3v) is 10.7. The lowest BCUT2D eigenvalue weighted by Gasteiger charge is -2.30. The number of nitrogens with one attached hydrogen (secondary N) is 4. The minimum atomic E-state index is -0.688. The average Bonchev–Trinajstić information content (AvgIpc) is 3.95. The normalized spacial score (nSPS) is 21.9. The summed E-state index contributed by atoms with van der Waals surface area (Å²) in [5.74, 6) is 3.10. The maximum atomic E-state index is 13.7. The first kappa shape index (κ1) is 33.2. The van der Waals surface area contributed by atoms with Crippen LogP contribution in [-0.2, 0) is 20.9 Å². The topological polar surface area (TPSA) is 146 Å². The van der Waals surface area contributed by atoms with Crippen LogP contribution in [0.5, 0.6) is 5.75 Å². The second-order valence-electron chi connectivity index (χ2n) is 14.7. The highest BCUT2D eigenvalue weighted by Gasteiger charge is 2.40. The summed E-state index contributed by atoms with van der Waals surface area (Å²) in [6, 6.07) is 14.3. The van der Waals surface area contributed by atoms with Crippen molar-refractivity contribution < 1.29 is 23.8 Å². The van der Waals surface area contributed by atoms with Crippen molar-refractivity contribution in [1.82, 2.24) is 35.5 Å². The van der Waals surface area contributed by atoms with Gasteiger partial charge in [0.15, 0.2) is 0 Å². The van der Waals surface area contributed by atoms with Gasteiger partial charge in [-0.25, -0.2) is 14.8 Å². The predicted octanol–water partition coefficient (Wildman–Crippen LogP) is 6.25. The number of alkyl carbamates (subject to hydrolysis) is 1. The van der Waals surface area contributed by atoms with Crippen LogP contribution >= 0.6 is 0 Å². The van der Waals surface area contributed by atoms with E-state index in [-0.39, 0.29) is 23.9 Å². The Hall–Kier alpha value is -4.94. The van der Waals surface area contributed by atoms with Crippen LogP contribution in [0.15, 0.2) is 48.7 Å². The van der Waals surface area contributed by atoms with E-state index < -0.39 is 12.1 Å². The predicted molar refractivity (Wildman–Crippen MR) is 194 cm³/mol. The summed E-state index contributed by atoms with van der Waals surface area (Å²) in [4.78, 5) is 44.5. The number of amides is 2. The molecular weight excluding hydrogens is 646 g/mol. The molecule has 0 saturated carbocycles. The van der Waals surface area contributed by atoms with Gasteiger partial charge in [0, 0.05) is 31.1 Å². The summed E-state index contributed by atoms with van der Waals surface area (Å²) in [6.07, 6.45) is 3.00. The molecule has 2 saturated heterocycles. The van der Waals surface area contributed by atoms with E-state index in [1.165, 1.54) is 7.11 Å². The van der Waals surface area contributed by atoms with Crippen LogP contribution in [-0.4, -0.2) is 76.8 Å². The first-order chi connectivity index (χ1) is 24.7. The van der Waals surface area contributed by atoms with Crippen molar-refractivity contribution in [2.24, 2.45) is 17.8 Å². The summed E-state index contributed by atoms with van der Waals surface area (Å²) in [5.41, 5.74) is 7.14. The van der Waals surface area contributed by atoms with E-state index in [4.69, 9.17) is 24.2 Å². The smallest absolute Gasteiger partial charge is 0.407 e. The highest BCUT2D eigenvalue weighted by atomic mass is 16.5. The SMILES string of the molecule is COCC1CNC(c2nc3c(ccc4cc5c(cc43)OCc3cc(-c4cnc(C6CC(C)CN6C(=O)C(NC(=O)OC)C(C)C)[nH]4)ccc3-5)[nH]2)C1. The van der Waals surface area contributed by atoms with Gasteiger partial charge in [-0.1, -0.05) is 39.0 Å². The largest absolute Gasteiger partial charge is 0.488 e. The van der Waals surface area contributed by atoms with Gasteiger partial charge in [0.1, 0.15) is 30.0 Å². The Morgan fingerprint density at radius 2 is 1.92 bits per heavy atom. The molecule has 0 aliphatic carbocycles. The average molecular weight is 692 g/mol. The molecule has 5 unspecified atom stereocenters. The highest BCUT2D eigenvalue weighted by molar-refractivity contribution is 6.07. The number of hydrogen-bond donors (Lipinski definition) is 4. The summed E-state index contributed by atoms with van der Waals surface area (Å²) in [5, 5.41) is 8.50. The summed E-state index contributed by atoms with van der Waals surface area (Å²) in [6.45, 7) is 8.68. The number of ether oxygens (including phenoxy) is 3. The van der Waals surface area contributed by atoms with E-state index in [1.807, 2.05) is 24.9 Å². The fourth-order valence-corrected chi connectivity index (χ4v) is 8.10. The number of fused-ring (bicyclic) bond motifs is 6. The Labute approximate surface area is 296 Å². The molecule has 2 fully saturated rings. The Bertz CT molecular complexity index is 2120. The molecule has 8 rings (SSSR count). The minimum Gasteiger partial charge on any atom is -0.488 e. The third-order valence-electron chi connectivity index (χ3n) is 10.7. The van der Waals surface area contributed by atoms with E-state index in [2.05, 4.69) is 70.0 Å². The number of imidazole rings is 2. The van der Waals surface area contributed by atoms with Crippen molar-refractivity contribution in [2.45, 2.75) is 58.3 Å². The van der Waals surface area contributed by atoms with Crippen LogP contribution < -0.4 is 15.4 Å². The lowest BCUT2D eigenvalue weighted by atomic mass is 9.92. The van der Waals surface area contributed by atoms with Crippen molar-refractivity contribution in [3.8, 4) is 28.1 Å². The molecular formula is C39H45N7O5. The van der Waals surface area contributed by atoms with Gasteiger partial charge in [0.05, 0.1) is 48.7 Å². The monoisotopic (exact) mass is 691 g/mol. The van der Waals surface area contributed by atoms with Gasteiger partial charge in [-0.3, -0.25) is 4.79 Å². The van der Waals surface area contributed by atoms with Crippen LogP contribution in [0, 0.1) is 17.8 Å². The van der Waals surface area contributed by atoms with Crippen LogP contribution in [0.3, 0.4) is 0 Å². The molecule has 4 N–H and O–H groups in total. The number of benzene rings is 3. The van der Waals surface area contributed by atoms with Gasteiger partial charge in [-0.05, 0) is 76.9 Å². The molecule has 5 aromatic rings. The Morgan fingerprint density at radius 3 is 2.73 bits per heavy atom. The van der Waals surface area contributed by atoms with Crippen molar-refractivity contribution >= 4 is 33.8 Å². The molecule has 266 valence electrons. The van der Waals surface area contributed by atoms with Crippen LogP contribution in [0.1, 0.15) is 62.9 Å². The molecule has 12 nitrogen and oxygen atoms in total. The van der Waals surface area contributed by atoms with Crippen molar-refractivity contribution in [3.63, 3.8) is 0 Å². The zero-order valence-electron chi connectivity index (χ0n) is 29.7. The van der Waals surface area contributed by atoms with Crippen molar-refractivity contribution in [2.75, 3.05) is 33.9 Å². The molecule has 0 radical (unpaired) electrons. The number of hydrogen-bond acceptors (Lipinski definition) is 8. The molecule has 3 aromatic carbocycles. The Morgan fingerprint density at radius 1 is 1.06 bits per heavy atom. The summed E-state index contributed by atoms with van der Waals surface area (Å²) >= 11 is 0. The molecule has 0 spiro atoms. The highest BCUT2D eigenvalue weighted by Crippen LogP contribution is 2.43. The van der Waals surface area contributed by atoms with Gasteiger partial charge in [-0.2, -0.15) is 0 Å². The molecule has 0 bridgehead atoms. The number of nitrogens with zero attached hydrogens (tertiary/aromatic N) is 3. The second-order valence-corrected chi connectivity index (χ2v) is 14.7. The van der Waals surface area contributed by atoms with Gasteiger partial charge in [0.2, 0.25) is 5.91 Å². The first-order valence-electron chi connectivity index (χ1n) is 17.9. The number of likely N-dealkylation sites (tertiary alicyclic amines) is 1. The summed E-state index contributed by atoms with van der Waals surface area (Å²) < 4.78 is 16.6. The number of aromatic amines is 2. The molecule has 2 aromatic heterocycles. The summed E-state index contributed by atoms with van der Waals surface area (Å²) in [7, 11) is 3.06. The molecule has 12 heteroatoms. The molecule has 5 heterocycles. The minimum absolute atomic E-state index is 0.103. The fraction of sp³-hybridized carbons (Fsp3) is 0.436. The van der Waals surface area contributed by atoms with Gasteiger partial charge in [0.25, 0.3) is 0 Å². The Kier molecular flexibility index (Phi) is 8.67. The van der Waals surface area contributed by atoms with Gasteiger partial charge >= 0.3 is 6.09 Å².